The van der Waals surface area contributed by atoms with Gasteiger partial charge >= 0.3 is 0 Å². The lowest BCUT2D eigenvalue weighted by molar-refractivity contribution is 0.102. The number of hydrogen-bond donors (Lipinski definition) is 2. The van der Waals surface area contributed by atoms with Gasteiger partial charge in [0.25, 0.3) is 5.91 Å². The quantitative estimate of drug-likeness (QED) is 0.890. The van der Waals surface area contributed by atoms with E-state index in [1.165, 1.54) is 0 Å². The number of benzene rings is 2. The van der Waals surface area contributed by atoms with Crippen molar-refractivity contribution in [3.63, 3.8) is 0 Å². The minimum atomic E-state index is -0.157. The van der Waals surface area contributed by atoms with Crippen LogP contribution >= 0.6 is 11.6 Å². The number of rotatable bonds is 3. The number of carbonyl (C=O) groups is 1. The van der Waals surface area contributed by atoms with Crippen LogP contribution in [0.1, 0.15) is 15.9 Å². The predicted octanol–water partition coefficient (Wildman–Crippen LogP) is 3.94. The van der Waals surface area contributed by atoms with Gasteiger partial charge in [-0.2, -0.15) is 0 Å². The normalized spacial score (nSPS) is 10.1. The van der Waals surface area contributed by atoms with E-state index >= 15 is 0 Å². The fourth-order valence-electron chi connectivity index (χ4n) is 1.83. The van der Waals surface area contributed by atoms with Gasteiger partial charge in [0, 0.05) is 23.4 Å². The molecule has 0 aliphatic rings. The molecule has 0 saturated carbocycles. The van der Waals surface area contributed by atoms with E-state index in [1.54, 1.807) is 31.3 Å². The van der Waals surface area contributed by atoms with E-state index < -0.39 is 0 Å². The van der Waals surface area contributed by atoms with Gasteiger partial charge in [0.1, 0.15) is 0 Å². The SMILES string of the molecule is CNc1ccc(C)cc1C(=O)Nc1cccc(Cl)c1. The molecule has 0 aliphatic carbocycles. The molecule has 2 N–H and O–H groups in total. The molecule has 0 aromatic heterocycles. The molecular formula is C15H15ClN2O. The van der Waals surface area contributed by atoms with Crippen LogP contribution in [-0.2, 0) is 0 Å². The monoisotopic (exact) mass is 274 g/mol. The Morgan fingerprint density at radius 1 is 1.16 bits per heavy atom. The number of aryl methyl sites for hydroxylation is 1. The van der Waals surface area contributed by atoms with Gasteiger partial charge in [-0.3, -0.25) is 4.79 Å². The zero-order valence-electron chi connectivity index (χ0n) is 10.8. The minimum absolute atomic E-state index is 0.157. The fraction of sp³-hybridized carbons (Fsp3) is 0.133. The lowest BCUT2D eigenvalue weighted by Crippen LogP contribution is -2.14. The van der Waals surface area contributed by atoms with E-state index in [4.69, 9.17) is 11.6 Å². The molecule has 2 aromatic carbocycles. The fourth-order valence-corrected chi connectivity index (χ4v) is 2.02. The summed E-state index contributed by atoms with van der Waals surface area (Å²) in [4.78, 5) is 12.3. The van der Waals surface area contributed by atoms with Crippen LogP contribution < -0.4 is 10.6 Å². The summed E-state index contributed by atoms with van der Waals surface area (Å²) in [6, 6.07) is 12.8. The van der Waals surface area contributed by atoms with Crippen molar-refractivity contribution in [1.82, 2.24) is 0 Å². The first kappa shape index (κ1) is 13.4. The molecule has 3 nitrogen and oxygen atoms in total. The second-order valence-electron chi connectivity index (χ2n) is 4.26. The Morgan fingerprint density at radius 3 is 2.63 bits per heavy atom. The molecule has 0 saturated heterocycles. The molecule has 0 aliphatic heterocycles. The van der Waals surface area contributed by atoms with Crippen molar-refractivity contribution in [1.29, 1.82) is 0 Å². The van der Waals surface area contributed by atoms with Crippen LogP contribution in [-0.4, -0.2) is 13.0 Å². The molecule has 0 atom stereocenters. The van der Waals surface area contributed by atoms with Gasteiger partial charge in [-0.05, 0) is 37.3 Å². The van der Waals surface area contributed by atoms with E-state index in [9.17, 15) is 4.79 Å². The van der Waals surface area contributed by atoms with Crippen molar-refractivity contribution < 1.29 is 4.79 Å². The smallest absolute Gasteiger partial charge is 0.257 e. The Kier molecular flexibility index (Phi) is 4.07. The van der Waals surface area contributed by atoms with Crippen LogP contribution in [0.2, 0.25) is 5.02 Å². The van der Waals surface area contributed by atoms with E-state index in [-0.39, 0.29) is 5.91 Å². The van der Waals surface area contributed by atoms with Crippen LogP contribution in [0.3, 0.4) is 0 Å². The van der Waals surface area contributed by atoms with Crippen LogP contribution in [0.5, 0.6) is 0 Å². The Balaban J connectivity index is 2.27. The summed E-state index contributed by atoms with van der Waals surface area (Å²) in [6.07, 6.45) is 0. The molecule has 0 spiro atoms. The highest BCUT2D eigenvalue weighted by molar-refractivity contribution is 6.31. The topological polar surface area (TPSA) is 41.1 Å². The highest BCUT2D eigenvalue weighted by Crippen LogP contribution is 2.20. The van der Waals surface area contributed by atoms with Crippen LogP contribution in [0.4, 0.5) is 11.4 Å². The predicted molar refractivity (Wildman–Crippen MR) is 80.1 cm³/mol. The van der Waals surface area contributed by atoms with Crippen molar-refractivity contribution >= 4 is 28.9 Å². The van der Waals surface area contributed by atoms with Crippen molar-refractivity contribution in [3.05, 3.63) is 58.6 Å². The van der Waals surface area contributed by atoms with Crippen molar-refractivity contribution in [2.45, 2.75) is 6.92 Å². The molecule has 0 unspecified atom stereocenters. The molecule has 2 aromatic rings. The number of halogens is 1. The molecule has 0 bridgehead atoms. The standard InChI is InChI=1S/C15H15ClN2O/c1-10-6-7-14(17-2)13(8-10)15(19)18-12-5-3-4-11(16)9-12/h3-9,17H,1-2H3,(H,18,19). The highest BCUT2D eigenvalue weighted by Gasteiger charge is 2.11. The third kappa shape index (κ3) is 3.26. The number of hydrogen-bond acceptors (Lipinski definition) is 2. The lowest BCUT2D eigenvalue weighted by Gasteiger charge is -2.11. The van der Waals surface area contributed by atoms with Crippen molar-refractivity contribution in [2.24, 2.45) is 0 Å². The maximum absolute atomic E-state index is 12.3. The van der Waals surface area contributed by atoms with Gasteiger partial charge in [-0.25, -0.2) is 0 Å². The van der Waals surface area contributed by atoms with E-state index in [1.807, 2.05) is 25.1 Å². The van der Waals surface area contributed by atoms with Crippen molar-refractivity contribution in [2.75, 3.05) is 17.7 Å². The summed E-state index contributed by atoms with van der Waals surface area (Å²) in [5, 5.41) is 6.44. The molecule has 98 valence electrons. The van der Waals surface area contributed by atoms with Gasteiger partial charge in [0.2, 0.25) is 0 Å². The molecule has 0 radical (unpaired) electrons. The van der Waals surface area contributed by atoms with Gasteiger partial charge in [-0.1, -0.05) is 29.3 Å². The molecular weight excluding hydrogens is 260 g/mol. The van der Waals surface area contributed by atoms with E-state index in [2.05, 4.69) is 10.6 Å². The van der Waals surface area contributed by atoms with Gasteiger partial charge in [0.15, 0.2) is 0 Å². The average Bonchev–Trinajstić information content (AvgIpc) is 2.38. The Hall–Kier alpha value is -2.00. The minimum Gasteiger partial charge on any atom is -0.387 e. The molecule has 2 rings (SSSR count). The zero-order chi connectivity index (χ0) is 13.8. The Bertz CT molecular complexity index is 611. The largest absolute Gasteiger partial charge is 0.387 e. The summed E-state index contributed by atoms with van der Waals surface area (Å²) in [7, 11) is 1.79. The molecule has 4 heteroatoms. The van der Waals surface area contributed by atoms with Crippen LogP contribution in [0.25, 0.3) is 0 Å². The first-order valence-electron chi connectivity index (χ1n) is 5.95. The summed E-state index contributed by atoms with van der Waals surface area (Å²) in [5.41, 5.74) is 3.13. The summed E-state index contributed by atoms with van der Waals surface area (Å²) in [6.45, 7) is 1.95. The molecule has 0 heterocycles. The Labute approximate surface area is 117 Å². The summed E-state index contributed by atoms with van der Waals surface area (Å²) < 4.78 is 0. The van der Waals surface area contributed by atoms with E-state index in [0.29, 0.717) is 16.3 Å². The van der Waals surface area contributed by atoms with Crippen molar-refractivity contribution in [3.8, 4) is 0 Å². The molecule has 0 fully saturated rings. The van der Waals surface area contributed by atoms with Gasteiger partial charge in [-0.15, -0.1) is 0 Å². The van der Waals surface area contributed by atoms with Crippen LogP contribution in [0, 0.1) is 6.92 Å². The second kappa shape index (κ2) is 5.76. The Morgan fingerprint density at radius 2 is 1.95 bits per heavy atom. The number of nitrogens with one attached hydrogen (secondary N) is 2. The van der Waals surface area contributed by atoms with Gasteiger partial charge < -0.3 is 10.6 Å². The first-order chi connectivity index (χ1) is 9.10. The third-order valence-corrected chi connectivity index (χ3v) is 3.01. The van der Waals surface area contributed by atoms with Gasteiger partial charge in [0.05, 0.1) is 5.56 Å². The number of anilines is 2. The third-order valence-electron chi connectivity index (χ3n) is 2.77. The number of carbonyl (C=O) groups excluding carboxylic acids is 1. The average molecular weight is 275 g/mol. The lowest BCUT2D eigenvalue weighted by atomic mass is 10.1. The molecule has 1 amide bonds. The maximum atomic E-state index is 12.3. The van der Waals surface area contributed by atoms with Crippen LogP contribution in [0.15, 0.2) is 42.5 Å². The highest BCUT2D eigenvalue weighted by atomic mass is 35.5. The summed E-state index contributed by atoms with van der Waals surface area (Å²) >= 11 is 5.89. The maximum Gasteiger partial charge on any atom is 0.257 e. The van der Waals surface area contributed by atoms with E-state index in [0.717, 1.165) is 11.3 Å². The first-order valence-corrected chi connectivity index (χ1v) is 6.33. The number of amides is 1. The second-order valence-corrected chi connectivity index (χ2v) is 4.70. The summed E-state index contributed by atoms with van der Waals surface area (Å²) in [5.74, 6) is -0.157. The molecule has 19 heavy (non-hydrogen) atoms. The zero-order valence-corrected chi connectivity index (χ0v) is 11.6.